The van der Waals surface area contributed by atoms with Gasteiger partial charge in [0.1, 0.15) is 5.82 Å². The summed E-state index contributed by atoms with van der Waals surface area (Å²) in [5.74, 6) is 0.998. The molecule has 0 aliphatic rings. The first kappa shape index (κ1) is 10.9. The van der Waals surface area contributed by atoms with E-state index in [-0.39, 0.29) is 0 Å². The molecule has 1 aromatic heterocycles. The zero-order valence-electron chi connectivity index (χ0n) is 7.31. The van der Waals surface area contributed by atoms with E-state index in [1.165, 1.54) is 0 Å². The smallest absolute Gasteiger partial charge is 0.430 e. The molecule has 0 spiro atoms. The second-order valence-corrected chi connectivity index (χ2v) is 2.22. The molecule has 12 heavy (non-hydrogen) atoms. The topological polar surface area (TPSA) is 56.6 Å². The first-order valence-electron chi connectivity index (χ1n) is 3.52. The van der Waals surface area contributed by atoms with Crippen molar-refractivity contribution < 1.29 is 10.0 Å². The number of aromatic nitrogens is 1. The summed E-state index contributed by atoms with van der Waals surface area (Å²) in [6.07, 6.45) is 1.79. The Morgan fingerprint density at radius 2 is 1.92 bits per heavy atom. The van der Waals surface area contributed by atoms with E-state index < -0.39 is 7.69 Å². The van der Waals surface area contributed by atoms with Crippen molar-refractivity contribution in [1.29, 1.82) is 0 Å². The number of hydrogen-bond acceptors (Lipinski definition) is 4. The number of anilines is 1. The Bertz CT molecular complexity index is 194. The predicted molar refractivity (Wildman–Crippen MR) is 50.2 cm³/mol. The number of rotatable bonds is 1. The third-order valence-electron chi connectivity index (χ3n) is 1.11. The molecule has 0 fully saturated rings. The highest BCUT2D eigenvalue weighted by Gasteiger charge is 1.89. The van der Waals surface area contributed by atoms with E-state index in [0.29, 0.717) is 0 Å². The van der Waals surface area contributed by atoms with E-state index in [4.69, 9.17) is 10.0 Å². The van der Waals surface area contributed by atoms with Crippen LogP contribution < -0.4 is 4.90 Å². The first-order valence-corrected chi connectivity index (χ1v) is 3.52. The second kappa shape index (κ2) is 6.63. The van der Waals surface area contributed by atoms with E-state index in [1.807, 2.05) is 37.2 Å². The summed E-state index contributed by atoms with van der Waals surface area (Å²) in [5, 5.41) is 14.2. The van der Waals surface area contributed by atoms with Crippen molar-refractivity contribution in [2.75, 3.05) is 19.0 Å². The van der Waals surface area contributed by atoms with E-state index >= 15 is 0 Å². The van der Waals surface area contributed by atoms with Crippen molar-refractivity contribution in [3.63, 3.8) is 0 Å². The lowest BCUT2D eigenvalue weighted by atomic mass is 10.4. The van der Waals surface area contributed by atoms with Crippen LogP contribution in [0, 0.1) is 0 Å². The van der Waals surface area contributed by atoms with Gasteiger partial charge in [-0.1, -0.05) is 6.07 Å². The third kappa shape index (κ3) is 4.70. The average Bonchev–Trinajstić information content (AvgIpc) is 2.07. The molecule has 0 bridgehead atoms. The van der Waals surface area contributed by atoms with Gasteiger partial charge in [-0.15, -0.1) is 0 Å². The Kier molecular flexibility index (Phi) is 6.04. The van der Waals surface area contributed by atoms with Crippen molar-refractivity contribution in [2.24, 2.45) is 0 Å². The molecule has 0 aliphatic heterocycles. The highest BCUT2D eigenvalue weighted by Crippen LogP contribution is 2.02. The molecule has 1 rings (SSSR count). The van der Waals surface area contributed by atoms with Crippen molar-refractivity contribution >= 4 is 13.5 Å². The summed E-state index contributed by atoms with van der Waals surface area (Å²) in [5.41, 5.74) is 0. The lowest BCUT2D eigenvalue weighted by Gasteiger charge is -2.08. The van der Waals surface area contributed by atoms with Crippen molar-refractivity contribution in [1.82, 2.24) is 4.98 Å². The molecule has 2 N–H and O–H groups in total. The molecule has 0 saturated carbocycles. The lowest BCUT2D eigenvalue weighted by Crippen LogP contribution is -2.09. The minimum Gasteiger partial charge on any atom is -0.430 e. The van der Waals surface area contributed by atoms with Crippen LogP contribution in [0.4, 0.5) is 5.82 Å². The maximum absolute atomic E-state index is 7.12. The standard InChI is InChI=1S/C7H10N2.BH3O2/c1-9(2)7-5-3-4-6-8-7;2-1-3/h3-6H,1-2H3;1-3H. The van der Waals surface area contributed by atoms with Gasteiger partial charge >= 0.3 is 7.69 Å². The molecule has 5 heteroatoms. The maximum Gasteiger partial charge on any atom is 0.432 e. The molecule has 0 unspecified atom stereocenters. The SMILES string of the molecule is CN(C)c1ccccn1.OBO. The van der Waals surface area contributed by atoms with Crippen molar-refractivity contribution in [3.05, 3.63) is 24.4 Å². The van der Waals surface area contributed by atoms with Crippen LogP contribution in [0.15, 0.2) is 24.4 Å². The van der Waals surface area contributed by atoms with Crippen LogP contribution in [0.2, 0.25) is 0 Å². The van der Waals surface area contributed by atoms with Gasteiger partial charge in [0, 0.05) is 20.3 Å². The van der Waals surface area contributed by atoms with Gasteiger partial charge in [-0.2, -0.15) is 0 Å². The Morgan fingerprint density at radius 3 is 2.17 bits per heavy atom. The van der Waals surface area contributed by atoms with Gasteiger partial charge in [-0.05, 0) is 12.1 Å². The quantitative estimate of drug-likeness (QED) is 0.549. The van der Waals surface area contributed by atoms with Crippen molar-refractivity contribution in [2.45, 2.75) is 0 Å². The van der Waals surface area contributed by atoms with E-state index in [9.17, 15) is 0 Å². The second-order valence-electron chi connectivity index (χ2n) is 2.22. The molecule has 0 atom stereocenters. The first-order chi connectivity index (χ1) is 5.72. The normalized spacial score (nSPS) is 8.00. The summed E-state index contributed by atoms with van der Waals surface area (Å²) in [6.45, 7) is 0. The van der Waals surface area contributed by atoms with Gasteiger partial charge in [0.05, 0.1) is 0 Å². The van der Waals surface area contributed by atoms with E-state index in [1.54, 1.807) is 6.20 Å². The molecule has 0 aliphatic carbocycles. The van der Waals surface area contributed by atoms with Crippen molar-refractivity contribution in [3.8, 4) is 0 Å². The van der Waals surface area contributed by atoms with Gasteiger partial charge in [0.15, 0.2) is 0 Å². The minimum atomic E-state index is -0.750. The molecular formula is C7H13BN2O2. The van der Waals surface area contributed by atoms with Gasteiger partial charge < -0.3 is 14.9 Å². The van der Waals surface area contributed by atoms with E-state index in [0.717, 1.165) is 5.82 Å². The molecule has 1 aromatic rings. The fraction of sp³-hybridized carbons (Fsp3) is 0.286. The molecule has 66 valence electrons. The highest BCUT2D eigenvalue weighted by atomic mass is 16.4. The maximum atomic E-state index is 7.12. The zero-order chi connectivity index (χ0) is 9.40. The summed E-state index contributed by atoms with van der Waals surface area (Å²) in [4.78, 5) is 6.08. The molecule has 0 amide bonds. The highest BCUT2D eigenvalue weighted by molar-refractivity contribution is 6.13. The van der Waals surface area contributed by atoms with Crippen LogP contribution in [-0.2, 0) is 0 Å². The average molecular weight is 168 g/mol. The molecule has 4 nitrogen and oxygen atoms in total. The van der Waals surface area contributed by atoms with Crippen LogP contribution in [0.5, 0.6) is 0 Å². The fourth-order valence-electron chi connectivity index (χ4n) is 0.618. The van der Waals surface area contributed by atoms with Crippen LogP contribution in [0.25, 0.3) is 0 Å². The summed E-state index contributed by atoms with van der Waals surface area (Å²) in [7, 11) is 3.20. The number of nitrogens with zero attached hydrogens (tertiary/aromatic N) is 2. The predicted octanol–water partition coefficient (Wildman–Crippen LogP) is -0.615. The Hall–Kier alpha value is -1.07. The summed E-state index contributed by atoms with van der Waals surface area (Å²) < 4.78 is 0. The molecule has 0 aromatic carbocycles. The monoisotopic (exact) mass is 168 g/mol. The Balaban J connectivity index is 0.000000354. The Morgan fingerprint density at radius 1 is 1.33 bits per heavy atom. The van der Waals surface area contributed by atoms with Gasteiger partial charge in [0.25, 0.3) is 0 Å². The van der Waals surface area contributed by atoms with Crippen LogP contribution in [0.1, 0.15) is 0 Å². The van der Waals surface area contributed by atoms with Gasteiger partial charge in [-0.3, -0.25) is 0 Å². The number of pyridine rings is 1. The number of hydrogen-bond donors (Lipinski definition) is 2. The molecular weight excluding hydrogens is 155 g/mol. The third-order valence-corrected chi connectivity index (χ3v) is 1.11. The largest absolute Gasteiger partial charge is 0.432 e. The lowest BCUT2D eigenvalue weighted by molar-refractivity contribution is 0.448. The van der Waals surface area contributed by atoms with Crippen LogP contribution in [-0.4, -0.2) is 36.8 Å². The van der Waals surface area contributed by atoms with Gasteiger partial charge in [-0.25, -0.2) is 4.98 Å². The minimum absolute atomic E-state index is 0.750. The van der Waals surface area contributed by atoms with Crippen LogP contribution in [0.3, 0.4) is 0 Å². The molecule has 1 heterocycles. The van der Waals surface area contributed by atoms with Crippen LogP contribution >= 0.6 is 0 Å². The van der Waals surface area contributed by atoms with E-state index in [2.05, 4.69) is 4.98 Å². The fourth-order valence-corrected chi connectivity index (χ4v) is 0.618. The van der Waals surface area contributed by atoms with Gasteiger partial charge in [0.2, 0.25) is 0 Å². The Labute approximate surface area is 72.8 Å². The molecule has 0 radical (unpaired) electrons. The summed E-state index contributed by atoms with van der Waals surface area (Å²) >= 11 is 0. The summed E-state index contributed by atoms with van der Waals surface area (Å²) in [6, 6.07) is 5.86. The zero-order valence-corrected chi connectivity index (χ0v) is 7.31. The molecule has 0 saturated heterocycles.